The fraction of sp³-hybridized carbons (Fsp3) is 1.00. The average molecular weight is 156 g/mol. The standard InChI is InChI=1S/C7H16N4/c1-4-5(2)6(3)7-8-10-11-9-7/h5-7H,4H2,1-3H3,(H,8,11)(H,9,10). The van der Waals surface area contributed by atoms with Crippen LogP contribution in [0.3, 0.4) is 0 Å². The van der Waals surface area contributed by atoms with E-state index in [1.54, 1.807) is 0 Å². The summed E-state index contributed by atoms with van der Waals surface area (Å²) < 4.78 is 0. The summed E-state index contributed by atoms with van der Waals surface area (Å²) in [6.45, 7) is 6.62. The molecule has 1 heterocycles. The predicted octanol–water partition coefficient (Wildman–Crippen LogP) is 1.47. The lowest BCUT2D eigenvalue weighted by molar-refractivity contribution is 0.288. The molecule has 0 saturated carbocycles. The van der Waals surface area contributed by atoms with E-state index < -0.39 is 0 Å². The minimum atomic E-state index is 0.157. The summed E-state index contributed by atoms with van der Waals surface area (Å²) in [5, 5.41) is 7.67. The van der Waals surface area contributed by atoms with Crippen LogP contribution >= 0.6 is 0 Å². The van der Waals surface area contributed by atoms with E-state index in [9.17, 15) is 0 Å². The van der Waals surface area contributed by atoms with Crippen LogP contribution in [0.25, 0.3) is 0 Å². The van der Waals surface area contributed by atoms with Gasteiger partial charge in [-0.05, 0) is 11.8 Å². The lowest BCUT2D eigenvalue weighted by atomic mass is 9.91. The van der Waals surface area contributed by atoms with E-state index in [-0.39, 0.29) is 6.17 Å². The Balaban J connectivity index is 2.39. The van der Waals surface area contributed by atoms with Crippen molar-refractivity contribution in [2.45, 2.75) is 33.4 Å². The molecule has 3 atom stereocenters. The number of nitrogens with one attached hydrogen (secondary N) is 2. The van der Waals surface area contributed by atoms with Gasteiger partial charge in [-0.15, -0.1) is 5.11 Å². The molecule has 0 aromatic heterocycles. The van der Waals surface area contributed by atoms with Gasteiger partial charge in [-0.1, -0.05) is 32.4 Å². The van der Waals surface area contributed by atoms with E-state index >= 15 is 0 Å². The number of rotatable bonds is 3. The van der Waals surface area contributed by atoms with Gasteiger partial charge in [0.15, 0.2) is 0 Å². The van der Waals surface area contributed by atoms with E-state index in [2.05, 4.69) is 42.1 Å². The summed E-state index contributed by atoms with van der Waals surface area (Å²) in [6.07, 6.45) is 1.35. The van der Waals surface area contributed by atoms with Crippen molar-refractivity contribution in [3.05, 3.63) is 0 Å². The maximum Gasteiger partial charge on any atom is 0.143 e. The highest BCUT2D eigenvalue weighted by atomic mass is 15.7. The molecule has 0 aromatic carbocycles. The van der Waals surface area contributed by atoms with Gasteiger partial charge in [-0.3, -0.25) is 0 Å². The number of nitrogens with zero attached hydrogens (tertiary/aromatic N) is 2. The van der Waals surface area contributed by atoms with Gasteiger partial charge >= 0.3 is 0 Å². The van der Waals surface area contributed by atoms with Crippen molar-refractivity contribution in [2.75, 3.05) is 0 Å². The minimum absolute atomic E-state index is 0.157. The van der Waals surface area contributed by atoms with E-state index in [4.69, 9.17) is 0 Å². The van der Waals surface area contributed by atoms with E-state index in [0.29, 0.717) is 11.8 Å². The Kier molecular flexibility index (Phi) is 2.82. The largest absolute Gasteiger partial charge is 0.222 e. The molecule has 0 aromatic rings. The summed E-state index contributed by atoms with van der Waals surface area (Å²) in [7, 11) is 0. The van der Waals surface area contributed by atoms with Gasteiger partial charge in [0.25, 0.3) is 0 Å². The molecule has 0 radical (unpaired) electrons. The first-order valence-electron chi connectivity index (χ1n) is 4.16. The van der Waals surface area contributed by atoms with E-state index in [0.717, 1.165) is 0 Å². The highest BCUT2D eigenvalue weighted by Crippen LogP contribution is 2.19. The fourth-order valence-electron chi connectivity index (χ4n) is 1.13. The van der Waals surface area contributed by atoms with Gasteiger partial charge < -0.3 is 0 Å². The Labute approximate surface area is 67.4 Å². The second kappa shape index (κ2) is 3.67. The van der Waals surface area contributed by atoms with Crippen LogP contribution in [-0.4, -0.2) is 6.17 Å². The monoisotopic (exact) mass is 156 g/mol. The quantitative estimate of drug-likeness (QED) is 0.650. The van der Waals surface area contributed by atoms with Gasteiger partial charge in [-0.25, -0.2) is 5.53 Å². The topological polar surface area (TPSA) is 48.8 Å². The molecule has 11 heavy (non-hydrogen) atoms. The summed E-state index contributed by atoms with van der Waals surface area (Å²) in [5.74, 6) is 1.23. The van der Waals surface area contributed by atoms with Crippen LogP contribution < -0.4 is 11.0 Å². The predicted molar refractivity (Wildman–Crippen MR) is 43.5 cm³/mol. The van der Waals surface area contributed by atoms with Crippen LogP contribution in [0.15, 0.2) is 10.3 Å². The Hall–Kier alpha value is -0.640. The van der Waals surface area contributed by atoms with Crippen molar-refractivity contribution in [3.8, 4) is 0 Å². The summed E-state index contributed by atoms with van der Waals surface area (Å²) in [5.41, 5.74) is 5.63. The van der Waals surface area contributed by atoms with Gasteiger partial charge in [0, 0.05) is 0 Å². The van der Waals surface area contributed by atoms with Crippen LogP contribution in [0.2, 0.25) is 0 Å². The summed E-state index contributed by atoms with van der Waals surface area (Å²) in [4.78, 5) is 0. The molecule has 1 aliphatic heterocycles. The average Bonchev–Trinajstić information content (AvgIpc) is 2.53. The van der Waals surface area contributed by atoms with Gasteiger partial charge in [-0.2, -0.15) is 5.43 Å². The first kappa shape index (κ1) is 8.46. The molecule has 0 spiro atoms. The maximum atomic E-state index is 4.01. The molecular formula is C7H16N4. The van der Waals surface area contributed by atoms with Crippen LogP contribution in [0.5, 0.6) is 0 Å². The van der Waals surface area contributed by atoms with Crippen molar-refractivity contribution >= 4 is 0 Å². The molecule has 0 bridgehead atoms. The highest BCUT2D eigenvalue weighted by Gasteiger charge is 2.23. The van der Waals surface area contributed by atoms with Crippen molar-refractivity contribution in [3.63, 3.8) is 0 Å². The number of hydrogen-bond acceptors (Lipinski definition) is 4. The van der Waals surface area contributed by atoms with E-state index in [1.165, 1.54) is 6.42 Å². The SMILES string of the molecule is CCC(C)C(C)C1N=NNN1. The Morgan fingerprint density at radius 2 is 2.18 bits per heavy atom. The fourth-order valence-corrected chi connectivity index (χ4v) is 1.13. The molecule has 0 aliphatic carbocycles. The molecule has 3 unspecified atom stereocenters. The Bertz CT molecular complexity index is 145. The molecule has 4 nitrogen and oxygen atoms in total. The van der Waals surface area contributed by atoms with E-state index in [1.807, 2.05) is 0 Å². The molecule has 1 rings (SSSR count). The lowest BCUT2D eigenvalue weighted by Gasteiger charge is -2.20. The molecule has 4 heteroatoms. The first-order valence-corrected chi connectivity index (χ1v) is 4.16. The van der Waals surface area contributed by atoms with Crippen LogP contribution in [0, 0.1) is 11.8 Å². The van der Waals surface area contributed by atoms with Crippen molar-refractivity contribution in [1.82, 2.24) is 11.0 Å². The second-order valence-electron chi connectivity index (χ2n) is 3.16. The third kappa shape index (κ3) is 1.89. The van der Waals surface area contributed by atoms with Gasteiger partial charge in [0.05, 0.1) is 0 Å². The van der Waals surface area contributed by atoms with Crippen LogP contribution in [-0.2, 0) is 0 Å². The Morgan fingerprint density at radius 1 is 1.45 bits per heavy atom. The van der Waals surface area contributed by atoms with Gasteiger partial charge in [0.2, 0.25) is 0 Å². The maximum absolute atomic E-state index is 4.01. The molecule has 0 amide bonds. The third-order valence-corrected chi connectivity index (χ3v) is 2.48. The molecular weight excluding hydrogens is 140 g/mol. The molecule has 0 saturated heterocycles. The van der Waals surface area contributed by atoms with Crippen molar-refractivity contribution in [1.29, 1.82) is 0 Å². The summed E-state index contributed by atoms with van der Waals surface area (Å²) in [6, 6.07) is 0. The number of hydrazine groups is 1. The first-order chi connectivity index (χ1) is 5.25. The molecule has 64 valence electrons. The summed E-state index contributed by atoms with van der Waals surface area (Å²) >= 11 is 0. The zero-order valence-corrected chi connectivity index (χ0v) is 7.33. The molecule has 2 N–H and O–H groups in total. The van der Waals surface area contributed by atoms with Crippen molar-refractivity contribution < 1.29 is 0 Å². The van der Waals surface area contributed by atoms with Crippen LogP contribution in [0.4, 0.5) is 0 Å². The van der Waals surface area contributed by atoms with Gasteiger partial charge in [0.1, 0.15) is 6.17 Å². The molecule has 1 aliphatic rings. The van der Waals surface area contributed by atoms with Crippen LogP contribution in [0.1, 0.15) is 27.2 Å². The number of hydrogen-bond donors (Lipinski definition) is 2. The molecule has 0 fully saturated rings. The smallest absolute Gasteiger partial charge is 0.143 e. The zero-order valence-electron chi connectivity index (χ0n) is 7.33. The highest BCUT2D eigenvalue weighted by molar-refractivity contribution is 4.73. The normalized spacial score (nSPS) is 28.1. The zero-order chi connectivity index (χ0) is 8.27. The second-order valence-corrected chi connectivity index (χ2v) is 3.16. The Morgan fingerprint density at radius 3 is 2.64 bits per heavy atom. The van der Waals surface area contributed by atoms with Crippen molar-refractivity contribution in [2.24, 2.45) is 22.2 Å². The lowest BCUT2D eigenvalue weighted by Crippen LogP contribution is -2.37. The minimum Gasteiger partial charge on any atom is -0.222 e. The third-order valence-electron chi connectivity index (χ3n) is 2.48.